The number of benzene rings is 1. The zero-order valence-corrected chi connectivity index (χ0v) is 9.54. The molecule has 0 radical (unpaired) electrons. The van der Waals surface area contributed by atoms with Crippen LogP contribution in [0.5, 0.6) is 0 Å². The molecule has 0 atom stereocenters. The van der Waals surface area contributed by atoms with Crippen molar-refractivity contribution in [3.05, 3.63) is 60.3 Å². The summed E-state index contributed by atoms with van der Waals surface area (Å²) in [6, 6.07) is 17.2. The minimum atomic E-state index is 0.648. The lowest BCUT2D eigenvalue weighted by molar-refractivity contribution is 1.28. The molecule has 0 saturated carbocycles. The Morgan fingerprint density at radius 2 is 1.89 bits per heavy atom. The van der Waals surface area contributed by atoms with Crippen LogP contribution in [0.25, 0.3) is 22.3 Å². The summed E-state index contributed by atoms with van der Waals surface area (Å²) in [5.41, 5.74) is 3.21. The van der Waals surface area contributed by atoms with Gasteiger partial charge >= 0.3 is 0 Å². The maximum atomic E-state index is 8.85. The average molecular weight is 231 g/mol. The van der Waals surface area contributed by atoms with Gasteiger partial charge in [0.1, 0.15) is 0 Å². The van der Waals surface area contributed by atoms with Crippen molar-refractivity contribution in [2.45, 2.75) is 0 Å². The number of pyridine rings is 2. The Bertz CT molecular complexity index is 743. The lowest BCUT2D eigenvalue weighted by atomic mass is 10.1. The standard InChI is InChI=1S/C15H9N3/c16-10-11-4-6-13-12(9-11)5-7-15(18-13)14-3-1-2-8-17-14/h1-9H. The van der Waals surface area contributed by atoms with E-state index in [0.717, 1.165) is 22.3 Å². The summed E-state index contributed by atoms with van der Waals surface area (Å²) in [5, 5.41) is 9.82. The highest BCUT2D eigenvalue weighted by molar-refractivity contribution is 5.82. The molecule has 0 spiro atoms. The zero-order chi connectivity index (χ0) is 12.4. The summed E-state index contributed by atoms with van der Waals surface area (Å²) >= 11 is 0. The number of nitriles is 1. The van der Waals surface area contributed by atoms with Crippen molar-refractivity contribution < 1.29 is 0 Å². The summed E-state index contributed by atoms with van der Waals surface area (Å²) in [6.07, 6.45) is 1.75. The molecule has 3 rings (SSSR count). The SMILES string of the molecule is N#Cc1ccc2nc(-c3ccccn3)ccc2c1. The Kier molecular flexibility index (Phi) is 2.47. The molecule has 0 fully saturated rings. The van der Waals surface area contributed by atoms with E-state index >= 15 is 0 Å². The fourth-order valence-corrected chi connectivity index (χ4v) is 1.85. The maximum absolute atomic E-state index is 8.85. The molecule has 0 aliphatic heterocycles. The van der Waals surface area contributed by atoms with E-state index in [1.807, 2.05) is 42.5 Å². The van der Waals surface area contributed by atoms with Gasteiger partial charge in [-0.2, -0.15) is 5.26 Å². The van der Waals surface area contributed by atoms with Gasteiger partial charge in [-0.3, -0.25) is 4.98 Å². The van der Waals surface area contributed by atoms with Crippen LogP contribution in [0.1, 0.15) is 5.56 Å². The van der Waals surface area contributed by atoms with Crippen molar-refractivity contribution in [3.63, 3.8) is 0 Å². The molecule has 0 aliphatic carbocycles. The van der Waals surface area contributed by atoms with E-state index in [9.17, 15) is 0 Å². The maximum Gasteiger partial charge on any atom is 0.0991 e. The van der Waals surface area contributed by atoms with Crippen LogP contribution < -0.4 is 0 Å². The molecule has 3 nitrogen and oxygen atoms in total. The lowest BCUT2D eigenvalue weighted by Gasteiger charge is -2.02. The molecule has 0 bridgehead atoms. The van der Waals surface area contributed by atoms with Crippen LogP contribution in [0.4, 0.5) is 0 Å². The number of hydrogen-bond donors (Lipinski definition) is 0. The quantitative estimate of drug-likeness (QED) is 0.646. The molecule has 3 aromatic rings. The van der Waals surface area contributed by atoms with E-state index in [0.29, 0.717) is 5.56 Å². The highest BCUT2D eigenvalue weighted by Gasteiger charge is 2.02. The van der Waals surface area contributed by atoms with Crippen LogP contribution in [0, 0.1) is 11.3 Å². The van der Waals surface area contributed by atoms with E-state index in [2.05, 4.69) is 16.0 Å². The van der Waals surface area contributed by atoms with E-state index < -0.39 is 0 Å². The van der Waals surface area contributed by atoms with Crippen molar-refractivity contribution in [3.8, 4) is 17.5 Å². The molecule has 2 heterocycles. The monoisotopic (exact) mass is 231 g/mol. The van der Waals surface area contributed by atoms with Gasteiger partial charge < -0.3 is 0 Å². The molecular weight excluding hydrogens is 222 g/mol. The molecule has 84 valence electrons. The molecular formula is C15H9N3. The number of nitrogens with zero attached hydrogens (tertiary/aromatic N) is 3. The van der Waals surface area contributed by atoms with Crippen LogP contribution >= 0.6 is 0 Å². The molecule has 3 heteroatoms. The predicted octanol–water partition coefficient (Wildman–Crippen LogP) is 3.17. The van der Waals surface area contributed by atoms with Gasteiger partial charge in [0.25, 0.3) is 0 Å². The van der Waals surface area contributed by atoms with E-state index in [1.165, 1.54) is 0 Å². The molecule has 0 saturated heterocycles. The van der Waals surface area contributed by atoms with Crippen LogP contribution in [-0.4, -0.2) is 9.97 Å². The van der Waals surface area contributed by atoms with Crippen molar-refractivity contribution in [1.29, 1.82) is 5.26 Å². The van der Waals surface area contributed by atoms with Gasteiger partial charge in [-0.15, -0.1) is 0 Å². The number of aromatic nitrogens is 2. The first-order valence-electron chi connectivity index (χ1n) is 5.59. The third kappa shape index (κ3) is 1.80. The first-order chi connectivity index (χ1) is 8.86. The van der Waals surface area contributed by atoms with Crippen molar-refractivity contribution in [1.82, 2.24) is 9.97 Å². The topological polar surface area (TPSA) is 49.6 Å². The molecule has 2 aromatic heterocycles. The third-order valence-corrected chi connectivity index (χ3v) is 2.75. The van der Waals surface area contributed by atoms with Gasteiger partial charge in [0, 0.05) is 11.6 Å². The number of rotatable bonds is 1. The summed E-state index contributed by atoms with van der Waals surface area (Å²) in [7, 11) is 0. The van der Waals surface area contributed by atoms with Crippen molar-refractivity contribution in [2.75, 3.05) is 0 Å². The molecule has 0 aliphatic rings. The number of fused-ring (bicyclic) bond motifs is 1. The van der Waals surface area contributed by atoms with Gasteiger partial charge in [-0.25, -0.2) is 4.98 Å². The largest absolute Gasteiger partial charge is 0.255 e. The summed E-state index contributed by atoms with van der Waals surface area (Å²) in [5.74, 6) is 0. The molecule has 0 N–H and O–H groups in total. The van der Waals surface area contributed by atoms with Gasteiger partial charge in [0.15, 0.2) is 0 Å². The third-order valence-electron chi connectivity index (χ3n) is 2.75. The van der Waals surface area contributed by atoms with E-state index in [-0.39, 0.29) is 0 Å². The first kappa shape index (κ1) is 10.4. The molecule has 0 amide bonds. The minimum absolute atomic E-state index is 0.648. The van der Waals surface area contributed by atoms with Gasteiger partial charge in [-0.05, 0) is 36.4 Å². The predicted molar refractivity (Wildman–Crippen MR) is 69.7 cm³/mol. The minimum Gasteiger partial charge on any atom is -0.255 e. The normalized spacial score (nSPS) is 10.2. The summed E-state index contributed by atoms with van der Waals surface area (Å²) in [4.78, 5) is 8.82. The second kappa shape index (κ2) is 4.27. The molecule has 1 aromatic carbocycles. The van der Waals surface area contributed by atoms with Gasteiger partial charge in [0.05, 0.1) is 28.5 Å². The summed E-state index contributed by atoms with van der Waals surface area (Å²) in [6.45, 7) is 0. The molecule has 0 unspecified atom stereocenters. The Labute approximate surface area is 104 Å². The first-order valence-corrected chi connectivity index (χ1v) is 5.59. The Morgan fingerprint density at radius 1 is 0.944 bits per heavy atom. The lowest BCUT2D eigenvalue weighted by Crippen LogP contribution is -1.88. The van der Waals surface area contributed by atoms with Crippen LogP contribution in [-0.2, 0) is 0 Å². The Balaban J connectivity index is 2.16. The highest BCUT2D eigenvalue weighted by Crippen LogP contribution is 2.19. The van der Waals surface area contributed by atoms with Crippen LogP contribution in [0.3, 0.4) is 0 Å². The summed E-state index contributed by atoms with van der Waals surface area (Å²) < 4.78 is 0. The van der Waals surface area contributed by atoms with Crippen LogP contribution in [0.15, 0.2) is 54.7 Å². The fraction of sp³-hybridized carbons (Fsp3) is 0. The average Bonchev–Trinajstić information content (AvgIpc) is 2.47. The number of hydrogen-bond acceptors (Lipinski definition) is 3. The van der Waals surface area contributed by atoms with Gasteiger partial charge in [-0.1, -0.05) is 12.1 Å². The Hall–Kier alpha value is -2.73. The van der Waals surface area contributed by atoms with E-state index in [1.54, 1.807) is 12.3 Å². The Morgan fingerprint density at radius 3 is 2.67 bits per heavy atom. The fourth-order valence-electron chi connectivity index (χ4n) is 1.85. The molecule has 18 heavy (non-hydrogen) atoms. The van der Waals surface area contributed by atoms with Gasteiger partial charge in [0.2, 0.25) is 0 Å². The second-order valence-electron chi connectivity index (χ2n) is 3.93. The second-order valence-corrected chi connectivity index (χ2v) is 3.93. The van der Waals surface area contributed by atoms with E-state index in [4.69, 9.17) is 5.26 Å². The smallest absolute Gasteiger partial charge is 0.0991 e. The van der Waals surface area contributed by atoms with Crippen LogP contribution in [0.2, 0.25) is 0 Å². The van der Waals surface area contributed by atoms with Crippen molar-refractivity contribution in [2.24, 2.45) is 0 Å². The zero-order valence-electron chi connectivity index (χ0n) is 9.54. The highest BCUT2D eigenvalue weighted by atomic mass is 14.8. The van der Waals surface area contributed by atoms with Crippen molar-refractivity contribution >= 4 is 10.9 Å².